The van der Waals surface area contributed by atoms with Crippen LogP contribution in [-0.2, 0) is 0 Å². The Hall–Kier alpha value is -2.86. The summed E-state index contributed by atoms with van der Waals surface area (Å²) in [5, 5.41) is 29.5. The minimum absolute atomic E-state index is 0.232. The third-order valence-electron chi connectivity index (χ3n) is 2.64. The molecule has 0 fully saturated rings. The first-order chi connectivity index (χ1) is 9.49. The second kappa shape index (κ2) is 6.91. The largest absolute Gasteiger partial charge is 0.320 e. The van der Waals surface area contributed by atoms with Crippen LogP contribution in [0.4, 0.5) is 10.5 Å². The highest BCUT2D eigenvalue weighted by atomic mass is 16.2. The molecule has 0 saturated heterocycles. The van der Waals surface area contributed by atoms with E-state index in [0.29, 0.717) is 5.69 Å². The summed E-state index contributed by atoms with van der Waals surface area (Å²) in [6, 6.07) is 8.68. The average Bonchev–Trinajstić information content (AvgIpc) is 2.44. The van der Waals surface area contributed by atoms with Gasteiger partial charge in [-0.15, -0.1) is 0 Å². The Kier molecular flexibility index (Phi) is 5.25. The number of amides is 2. The summed E-state index contributed by atoms with van der Waals surface area (Å²) in [6.45, 7) is 4.00. The summed E-state index contributed by atoms with van der Waals surface area (Å²) in [4.78, 5) is 11.8. The van der Waals surface area contributed by atoms with Crippen LogP contribution >= 0.6 is 0 Å². The number of rotatable bonds is 4. The topological polar surface area (TPSA) is 113 Å². The summed E-state index contributed by atoms with van der Waals surface area (Å²) in [5.74, 6) is 0.232. The molecular formula is C14H15N5O. The molecular weight excluding hydrogens is 254 g/mol. The summed E-state index contributed by atoms with van der Waals surface area (Å²) in [7, 11) is 0. The zero-order valence-electron chi connectivity index (χ0n) is 11.3. The van der Waals surface area contributed by atoms with Crippen LogP contribution < -0.4 is 10.6 Å². The molecule has 1 atom stereocenters. The Morgan fingerprint density at radius 1 is 1.30 bits per heavy atom. The molecule has 102 valence electrons. The normalized spacial score (nSPS) is 11.1. The molecule has 0 bridgehead atoms. The number of carbonyl (C=O) groups is 1. The smallest absolute Gasteiger partial charge is 0.316 e. The molecule has 0 aliphatic rings. The van der Waals surface area contributed by atoms with Gasteiger partial charge in [-0.2, -0.15) is 10.5 Å². The Bertz CT molecular complexity index is 594. The molecule has 0 spiro atoms. The summed E-state index contributed by atoms with van der Waals surface area (Å²) < 4.78 is 0. The predicted molar refractivity (Wildman–Crippen MR) is 75.4 cm³/mol. The number of anilines is 1. The van der Waals surface area contributed by atoms with Crippen molar-refractivity contribution < 1.29 is 4.79 Å². The zero-order valence-corrected chi connectivity index (χ0v) is 11.3. The maximum atomic E-state index is 11.8. The number of hydrogen-bond acceptors (Lipinski definition) is 4. The highest BCUT2D eigenvalue weighted by molar-refractivity contribution is 6.04. The van der Waals surface area contributed by atoms with E-state index in [1.165, 1.54) is 6.07 Å². The molecule has 0 aliphatic heterocycles. The molecule has 2 amide bonds. The molecule has 20 heavy (non-hydrogen) atoms. The van der Waals surface area contributed by atoms with Crippen molar-refractivity contribution in [1.29, 1.82) is 15.9 Å². The number of nitrogens with zero attached hydrogens (tertiary/aromatic N) is 2. The molecule has 0 heterocycles. The standard InChI is InChI=1S/C14H15N5O/c1-9(2)10-5-3-4-6-12(10)18-14(20)19-13(8-16)11(17)7-15/h3-6,9,13,17H,1-2H3,(H2,18,19,20). The maximum absolute atomic E-state index is 11.8. The van der Waals surface area contributed by atoms with E-state index >= 15 is 0 Å². The Morgan fingerprint density at radius 2 is 1.95 bits per heavy atom. The van der Waals surface area contributed by atoms with Crippen molar-refractivity contribution in [3.63, 3.8) is 0 Å². The van der Waals surface area contributed by atoms with E-state index < -0.39 is 17.8 Å². The fourth-order valence-corrected chi connectivity index (χ4v) is 1.64. The maximum Gasteiger partial charge on any atom is 0.320 e. The first-order valence-corrected chi connectivity index (χ1v) is 6.04. The molecule has 6 heteroatoms. The Morgan fingerprint density at radius 3 is 2.50 bits per heavy atom. The predicted octanol–water partition coefficient (Wildman–Crippen LogP) is 2.37. The van der Waals surface area contributed by atoms with Crippen LogP contribution in [0, 0.1) is 28.1 Å². The summed E-state index contributed by atoms with van der Waals surface area (Å²) in [5.41, 5.74) is 1.10. The number of urea groups is 1. The van der Waals surface area contributed by atoms with Crippen molar-refractivity contribution in [3.05, 3.63) is 29.8 Å². The SMILES string of the molecule is CC(C)c1ccccc1NC(=O)NC(C#N)C(=N)C#N. The monoisotopic (exact) mass is 269 g/mol. The second-order valence-electron chi connectivity index (χ2n) is 4.43. The molecule has 0 aromatic heterocycles. The van der Waals surface area contributed by atoms with Crippen LogP contribution in [0.1, 0.15) is 25.3 Å². The van der Waals surface area contributed by atoms with Gasteiger partial charge in [-0.3, -0.25) is 5.41 Å². The van der Waals surface area contributed by atoms with Crippen molar-refractivity contribution in [2.75, 3.05) is 5.32 Å². The Balaban J connectivity index is 2.80. The van der Waals surface area contributed by atoms with Gasteiger partial charge in [0.25, 0.3) is 0 Å². The molecule has 0 saturated carbocycles. The van der Waals surface area contributed by atoms with E-state index in [0.717, 1.165) is 5.56 Å². The van der Waals surface area contributed by atoms with E-state index in [1.54, 1.807) is 18.2 Å². The van der Waals surface area contributed by atoms with Gasteiger partial charge in [-0.25, -0.2) is 4.79 Å². The third kappa shape index (κ3) is 3.82. The van der Waals surface area contributed by atoms with E-state index in [2.05, 4.69) is 10.6 Å². The van der Waals surface area contributed by atoms with Crippen LogP contribution in [0.5, 0.6) is 0 Å². The number of nitrogens with one attached hydrogen (secondary N) is 3. The fourth-order valence-electron chi connectivity index (χ4n) is 1.64. The molecule has 3 N–H and O–H groups in total. The molecule has 1 aromatic carbocycles. The highest BCUT2D eigenvalue weighted by Gasteiger charge is 2.17. The van der Waals surface area contributed by atoms with Crippen LogP contribution in [0.15, 0.2) is 24.3 Å². The van der Waals surface area contributed by atoms with Crippen molar-refractivity contribution in [1.82, 2.24) is 5.32 Å². The number of nitriles is 2. The van der Waals surface area contributed by atoms with Crippen molar-refractivity contribution in [2.24, 2.45) is 0 Å². The van der Waals surface area contributed by atoms with E-state index in [1.807, 2.05) is 26.0 Å². The van der Waals surface area contributed by atoms with Crippen LogP contribution in [0.2, 0.25) is 0 Å². The van der Waals surface area contributed by atoms with Crippen molar-refractivity contribution in [2.45, 2.75) is 25.8 Å². The first kappa shape index (κ1) is 15.2. The van der Waals surface area contributed by atoms with E-state index in [9.17, 15) is 4.79 Å². The molecule has 6 nitrogen and oxygen atoms in total. The van der Waals surface area contributed by atoms with Gasteiger partial charge in [0.05, 0.1) is 6.07 Å². The number of hydrogen-bond donors (Lipinski definition) is 3. The zero-order chi connectivity index (χ0) is 15.1. The van der Waals surface area contributed by atoms with Crippen molar-refractivity contribution in [3.8, 4) is 12.1 Å². The van der Waals surface area contributed by atoms with Gasteiger partial charge >= 0.3 is 6.03 Å². The lowest BCUT2D eigenvalue weighted by Gasteiger charge is -2.15. The molecule has 1 unspecified atom stereocenters. The minimum atomic E-state index is -1.24. The van der Waals surface area contributed by atoms with Gasteiger partial charge in [-0.1, -0.05) is 32.0 Å². The van der Waals surface area contributed by atoms with Gasteiger partial charge < -0.3 is 10.6 Å². The minimum Gasteiger partial charge on any atom is -0.316 e. The molecule has 0 aliphatic carbocycles. The van der Waals surface area contributed by atoms with Crippen LogP contribution in [0.25, 0.3) is 0 Å². The van der Waals surface area contributed by atoms with Crippen LogP contribution in [-0.4, -0.2) is 17.8 Å². The summed E-state index contributed by atoms with van der Waals surface area (Å²) >= 11 is 0. The molecule has 0 radical (unpaired) electrons. The highest BCUT2D eigenvalue weighted by Crippen LogP contribution is 2.23. The van der Waals surface area contributed by atoms with Gasteiger partial charge in [0.15, 0.2) is 6.04 Å². The van der Waals surface area contributed by atoms with E-state index in [-0.39, 0.29) is 5.92 Å². The number of carbonyl (C=O) groups excluding carboxylic acids is 1. The van der Waals surface area contributed by atoms with Gasteiger partial charge in [0.1, 0.15) is 11.8 Å². The first-order valence-electron chi connectivity index (χ1n) is 6.04. The number of para-hydroxylation sites is 1. The fraction of sp³-hybridized carbons (Fsp3) is 0.286. The Labute approximate surface area is 117 Å². The lowest BCUT2D eigenvalue weighted by molar-refractivity contribution is 0.252. The van der Waals surface area contributed by atoms with Gasteiger partial charge in [0, 0.05) is 5.69 Å². The molecule has 1 aromatic rings. The third-order valence-corrected chi connectivity index (χ3v) is 2.64. The quantitative estimate of drug-likeness (QED) is 0.729. The van der Waals surface area contributed by atoms with Gasteiger partial charge in [-0.05, 0) is 17.5 Å². The average molecular weight is 269 g/mol. The second-order valence-corrected chi connectivity index (χ2v) is 4.43. The summed E-state index contributed by atoms with van der Waals surface area (Å²) in [6.07, 6.45) is 0. The lowest BCUT2D eigenvalue weighted by atomic mass is 10.0. The lowest BCUT2D eigenvalue weighted by Crippen LogP contribution is -2.41. The van der Waals surface area contributed by atoms with Crippen molar-refractivity contribution >= 4 is 17.4 Å². The van der Waals surface area contributed by atoms with Crippen LogP contribution in [0.3, 0.4) is 0 Å². The van der Waals surface area contributed by atoms with E-state index in [4.69, 9.17) is 15.9 Å². The number of benzene rings is 1. The molecule has 1 rings (SSSR count). The van der Waals surface area contributed by atoms with Gasteiger partial charge in [0.2, 0.25) is 0 Å².